The van der Waals surface area contributed by atoms with Gasteiger partial charge in [-0.1, -0.05) is 37.3 Å². The van der Waals surface area contributed by atoms with Gasteiger partial charge in [0.05, 0.1) is 0 Å². The summed E-state index contributed by atoms with van der Waals surface area (Å²) in [7, 11) is 1.99. The van der Waals surface area contributed by atoms with Crippen LogP contribution in [0.1, 0.15) is 24.9 Å². The maximum atomic E-state index is 12.5. The fourth-order valence-corrected chi connectivity index (χ4v) is 2.48. The highest BCUT2D eigenvalue weighted by Crippen LogP contribution is 2.19. The molecule has 0 spiro atoms. The van der Waals surface area contributed by atoms with Gasteiger partial charge in [-0.2, -0.15) is 0 Å². The molecule has 0 aromatic heterocycles. The Morgan fingerprint density at radius 1 is 1.47 bits per heavy atom. The fraction of sp³-hybridized carbons (Fsp3) is 0.533. The summed E-state index contributed by atoms with van der Waals surface area (Å²) in [6, 6.07) is 10.0. The number of likely N-dealkylation sites (N-methyl/N-ethyl adjacent to an activating group) is 1. The van der Waals surface area contributed by atoms with Crippen LogP contribution in [-0.2, 0) is 4.79 Å². The Hall–Kier alpha value is -1.39. The summed E-state index contributed by atoms with van der Waals surface area (Å²) >= 11 is 0. The molecule has 4 nitrogen and oxygen atoms in total. The quantitative estimate of drug-likeness (QED) is 0.836. The van der Waals surface area contributed by atoms with Crippen LogP contribution >= 0.6 is 0 Å². The van der Waals surface area contributed by atoms with E-state index in [0.717, 1.165) is 31.6 Å². The molecule has 2 N–H and O–H groups in total. The highest BCUT2D eigenvalue weighted by Gasteiger charge is 2.26. The molecule has 2 unspecified atom stereocenters. The van der Waals surface area contributed by atoms with Crippen molar-refractivity contribution in [1.29, 1.82) is 0 Å². The lowest BCUT2D eigenvalue weighted by Crippen LogP contribution is -2.44. The van der Waals surface area contributed by atoms with Crippen LogP contribution < -0.4 is 10.6 Å². The molecule has 1 fully saturated rings. The maximum Gasteiger partial charge on any atom is 0.242 e. The molecular weight excluding hydrogens is 238 g/mol. The van der Waals surface area contributed by atoms with E-state index in [-0.39, 0.29) is 18.0 Å². The Morgan fingerprint density at radius 2 is 2.21 bits per heavy atom. The van der Waals surface area contributed by atoms with Crippen LogP contribution in [0, 0.1) is 0 Å². The smallest absolute Gasteiger partial charge is 0.242 e. The molecule has 0 aliphatic carbocycles. The molecule has 2 rings (SSSR count). The van der Waals surface area contributed by atoms with E-state index in [1.165, 1.54) is 0 Å². The van der Waals surface area contributed by atoms with Crippen LogP contribution in [0.25, 0.3) is 0 Å². The molecule has 1 amide bonds. The highest BCUT2D eigenvalue weighted by molar-refractivity contribution is 5.83. The molecule has 19 heavy (non-hydrogen) atoms. The lowest BCUT2D eigenvalue weighted by Gasteiger charge is -2.27. The number of benzene rings is 1. The molecule has 1 aromatic carbocycles. The van der Waals surface area contributed by atoms with E-state index in [9.17, 15) is 4.79 Å². The first-order valence-electron chi connectivity index (χ1n) is 6.98. The number of nitrogens with one attached hydrogen (secondary N) is 2. The molecule has 0 saturated carbocycles. The third-order valence-electron chi connectivity index (χ3n) is 3.71. The summed E-state index contributed by atoms with van der Waals surface area (Å²) in [5.41, 5.74) is 1.05. The van der Waals surface area contributed by atoms with Crippen LogP contribution in [0.2, 0.25) is 0 Å². The van der Waals surface area contributed by atoms with Gasteiger partial charge in [0, 0.05) is 12.6 Å². The molecule has 1 aliphatic heterocycles. The highest BCUT2D eigenvalue weighted by atomic mass is 16.2. The molecule has 1 heterocycles. The van der Waals surface area contributed by atoms with Crippen molar-refractivity contribution in [3.63, 3.8) is 0 Å². The van der Waals surface area contributed by atoms with Gasteiger partial charge in [0.15, 0.2) is 0 Å². The minimum absolute atomic E-state index is 0.101. The van der Waals surface area contributed by atoms with Crippen LogP contribution in [0.15, 0.2) is 30.3 Å². The first kappa shape index (κ1) is 14.0. The normalized spacial score (nSPS) is 20.5. The van der Waals surface area contributed by atoms with Gasteiger partial charge < -0.3 is 10.6 Å². The number of hydrogen-bond donors (Lipinski definition) is 2. The molecule has 104 valence electrons. The van der Waals surface area contributed by atoms with Crippen molar-refractivity contribution in [3.05, 3.63) is 35.9 Å². The van der Waals surface area contributed by atoms with Crippen LogP contribution in [0.4, 0.5) is 0 Å². The summed E-state index contributed by atoms with van der Waals surface area (Å²) in [5.74, 6) is 0.101. The molecule has 4 heteroatoms. The molecule has 1 saturated heterocycles. The van der Waals surface area contributed by atoms with Crippen molar-refractivity contribution in [3.8, 4) is 0 Å². The number of amides is 1. The second-order valence-electron chi connectivity index (χ2n) is 5.08. The van der Waals surface area contributed by atoms with Gasteiger partial charge in [-0.3, -0.25) is 9.69 Å². The van der Waals surface area contributed by atoms with E-state index in [0.29, 0.717) is 0 Å². The Morgan fingerprint density at radius 3 is 2.79 bits per heavy atom. The third kappa shape index (κ3) is 3.55. The van der Waals surface area contributed by atoms with E-state index in [1.807, 2.05) is 37.4 Å². The molecule has 0 bridgehead atoms. The van der Waals surface area contributed by atoms with Crippen LogP contribution in [-0.4, -0.2) is 43.5 Å². The van der Waals surface area contributed by atoms with Crippen molar-refractivity contribution in [2.75, 3.05) is 26.7 Å². The minimum Gasteiger partial charge on any atom is -0.350 e. The van der Waals surface area contributed by atoms with Gasteiger partial charge >= 0.3 is 0 Å². The van der Waals surface area contributed by atoms with Gasteiger partial charge in [0.2, 0.25) is 5.91 Å². The number of carbonyl (C=O) groups excluding carboxylic acids is 1. The summed E-state index contributed by atoms with van der Waals surface area (Å²) in [4.78, 5) is 14.6. The monoisotopic (exact) mass is 261 g/mol. The zero-order valence-electron chi connectivity index (χ0n) is 11.7. The van der Waals surface area contributed by atoms with Crippen molar-refractivity contribution >= 4 is 5.91 Å². The maximum absolute atomic E-state index is 12.5. The summed E-state index contributed by atoms with van der Waals surface area (Å²) < 4.78 is 0. The van der Waals surface area contributed by atoms with E-state index >= 15 is 0 Å². The minimum atomic E-state index is -0.202. The third-order valence-corrected chi connectivity index (χ3v) is 3.71. The second-order valence-corrected chi connectivity index (χ2v) is 5.08. The van der Waals surface area contributed by atoms with E-state index in [2.05, 4.69) is 22.5 Å². The lowest BCUT2D eigenvalue weighted by atomic mass is 10.0. The largest absolute Gasteiger partial charge is 0.350 e. The van der Waals surface area contributed by atoms with Crippen LogP contribution in [0.3, 0.4) is 0 Å². The number of nitrogens with zero attached hydrogens (tertiary/aromatic N) is 1. The zero-order chi connectivity index (χ0) is 13.7. The number of rotatable bonds is 5. The summed E-state index contributed by atoms with van der Waals surface area (Å²) in [6.07, 6.45) is 1.02. The van der Waals surface area contributed by atoms with Crippen LogP contribution in [0.5, 0.6) is 0 Å². The Bertz CT molecular complexity index is 401. The van der Waals surface area contributed by atoms with Gasteiger partial charge in [-0.05, 0) is 32.1 Å². The first-order valence-corrected chi connectivity index (χ1v) is 6.98. The van der Waals surface area contributed by atoms with Crippen molar-refractivity contribution < 1.29 is 4.79 Å². The van der Waals surface area contributed by atoms with Gasteiger partial charge in [-0.15, -0.1) is 0 Å². The van der Waals surface area contributed by atoms with Gasteiger partial charge in [0.1, 0.15) is 6.04 Å². The Balaban J connectivity index is 2.10. The predicted octanol–water partition coefficient (Wildman–Crippen LogP) is 1.16. The lowest BCUT2D eigenvalue weighted by molar-refractivity contribution is -0.126. The first-order chi connectivity index (χ1) is 9.22. The fourth-order valence-electron chi connectivity index (χ4n) is 2.48. The Kier molecular flexibility index (Phi) is 4.93. The zero-order valence-corrected chi connectivity index (χ0v) is 11.7. The number of hydrogen-bond acceptors (Lipinski definition) is 3. The molecule has 2 atom stereocenters. The van der Waals surface area contributed by atoms with Crippen molar-refractivity contribution in [2.24, 2.45) is 0 Å². The topological polar surface area (TPSA) is 44.4 Å². The number of carbonyl (C=O) groups is 1. The predicted molar refractivity (Wildman–Crippen MR) is 76.9 cm³/mol. The SMILES string of the molecule is CCN(C)C(C(=O)NC1CCNC1)c1ccccc1. The van der Waals surface area contributed by atoms with Gasteiger partial charge in [-0.25, -0.2) is 0 Å². The van der Waals surface area contributed by atoms with E-state index < -0.39 is 0 Å². The van der Waals surface area contributed by atoms with Gasteiger partial charge in [0.25, 0.3) is 0 Å². The molecular formula is C15H23N3O. The molecule has 0 radical (unpaired) electrons. The van der Waals surface area contributed by atoms with E-state index in [1.54, 1.807) is 0 Å². The average molecular weight is 261 g/mol. The second kappa shape index (κ2) is 6.68. The van der Waals surface area contributed by atoms with E-state index in [4.69, 9.17) is 0 Å². The summed E-state index contributed by atoms with van der Waals surface area (Å²) in [6.45, 7) is 4.78. The standard InChI is InChI=1S/C15H23N3O/c1-3-18(2)14(12-7-5-4-6-8-12)15(19)17-13-9-10-16-11-13/h4-8,13-14,16H,3,9-11H2,1-2H3,(H,17,19). The average Bonchev–Trinajstić information content (AvgIpc) is 2.93. The van der Waals surface area contributed by atoms with Crippen molar-refractivity contribution in [1.82, 2.24) is 15.5 Å². The Labute approximate surface area is 115 Å². The molecule has 1 aromatic rings. The summed E-state index contributed by atoms with van der Waals surface area (Å²) in [5, 5.41) is 6.42. The molecule has 1 aliphatic rings. The van der Waals surface area contributed by atoms with Crippen molar-refractivity contribution in [2.45, 2.75) is 25.4 Å².